The third-order valence-electron chi connectivity index (χ3n) is 5.35. The molecule has 1 aromatic heterocycles. The second-order valence-electron chi connectivity index (χ2n) is 6.87. The van der Waals surface area contributed by atoms with Crippen LogP contribution in [0.5, 0.6) is 0 Å². The number of hydrogen-bond donors (Lipinski definition) is 0. The maximum Gasteiger partial charge on any atom is 0.263 e. The lowest BCUT2D eigenvalue weighted by Gasteiger charge is -2.26. The van der Waals surface area contributed by atoms with Crippen LogP contribution < -0.4 is 0 Å². The number of carbonyl (C=O) groups is 2. The van der Waals surface area contributed by atoms with E-state index in [1.807, 2.05) is 28.9 Å². The Labute approximate surface area is 147 Å². The topological polar surface area (TPSA) is 49.9 Å². The van der Waals surface area contributed by atoms with Gasteiger partial charge in [-0.3, -0.25) is 9.59 Å². The fourth-order valence-electron chi connectivity index (χ4n) is 3.87. The monoisotopic (exact) mass is 350 g/mol. The van der Waals surface area contributed by atoms with E-state index in [0.29, 0.717) is 19.7 Å². The number of thiophene rings is 1. The molecule has 1 atom stereocenters. The molecule has 3 rings (SSSR count). The number of likely N-dealkylation sites (tertiary alicyclic amines) is 2. The van der Waals surface area contributed by atoms with Crippen LogP contribution in [0.15, 0.2) is 12.1 Å². The van der Waals surface area contributed by atoms with Gasteiger partial charge in [0.1, 0.15) is 0 Å². The summed E-state index contributed by atoms with van der Waals surface area (Å²) in [5.41, 5.74) is -0.256. The smallest absolute Gasteiger partial charge is 0.263 e. The number of methoxy groups -OCH3 is 1. The molecule has 0 aliphatic carbocycles. The molecule has 2 aliphatic heterocycles. The summed E-state index contributed by atoms with van der Waals surface area (Å²) in [5, 5.41) is 0. The van der Waals surface area contributed by atoms with Crippen molar-refractivity contribution in [2.24, 2.45) is 5.41 Å². The summed E-state index contributed by atoms with van der Waals surface area (Å²) < 4.78 is 5.11. The zero-order valence-electron chi connectivity index (χ0n) is 14.5. The quantitative estimate of drug-likeness (QED) is 0.838. The largest absolute Gasteiger partial charge is 0.383 e. The molecule has 1 unspecified atom stereocenters. The Kier molecular flexibility index (Phi) is 5.25. The molecule has 6 heteroatoms. The molecule has 0 N–H and O–H groups in total. The van der Waals surface area contributed by atoms with E-state index in [0.717, 1.165) is 48.5 Å². The second-order valence-corrected chi connectivity index (χ2v) is 8.16. The summed E-state index contributed by atoms with van der Waals surface area (Å²) in [6, 6.07) is 3.90. The van der Waals surface area contributed by atoms with Crippen LogP contribution in [0.25, 0.3) is 0 Å². The molecule has 24 heavy (non-hydrogen) atoms. The predicted octanol–water partition coefficient (Wildman–Crippen LogP) is 2.55. The molecule has 5 nitrogen and oxygen atoms in total. The number of ether oxygens (including phenoxy) is 1. The van der Waals surface area contributed by atoms with Crippen LogP contribution in [0.1, 0.15) is 40.2 Å². The van der Waals surface area contributed by atoms with E-state index in [4.69, 9.17) is 4.74 Å². The maximum atomic E-state index is 12.9. The van der Waals surface area contributed by atoms with Crippen molar-refractivity contribution in [2.75, 3.05) is 39.9 Å². The molecule has 3 heterocycles. The molecule has 132 valence electrons. The highest BCUT2D eigenvalue weighted by Gasteiger charge is 2.47. The van der Waals surface area contributed by atoms with Crippen molar-refractivity contribution in [3.63, 3.8) is 0 Å². The number of rotatable bonds is 4. The van der Waals surface area contributed by atoms with Crippen molar-refractivity contribution >= 4 is 23.2 Å². The summed E-state index contributed by atoms with van der Waals surface area (Å²) in [6.45, 7) is 5.53. The zero-order valence-corrected chi connectivity index (χ0v) is 15.4. The van der Waals surface area contributed by atoms with Crippen molar-refractivity contribution in [3.05, 3.63) is 21.9 Å². The Morgan fingerprint density at radius 2 is 2.04 bits per heavy atom. The minimum Gasteiger partial charge on any atom is -0.383 e. The van der Waals surface area contributed by atoms with Gasteiger partial charge in [0, 0.05) is 38.2 Å². The summed E-state index contributed by atoms with van der Waals surface area (Å²) in [5.74, 6) is 0.382. The van der Waals surface area contributed by atoms with Gasteiger partial charge in [-0.2, -0.15) is 0 Å². The summed E-state index contributed by atoms with van der Waals surface area (Å²) >= 11 is 1.55. The van der Waals surface area contributed by atoms with Gasteiger partial charge < -0.3 is 14.5 Å². The minimum atomic E-state index is -0.256. The number of nitrogens with zero attached hydrogens (tertiary/aromatic N) is 2. The highest BCUT2D eigenvalue weighted by molar-refractivity contribution is 7.13. The lowest BCUT2D eigenvalue weighted by molar-refractivity contribution is -0.137. The first-order valence-corrected chi connectivity index (χ1v) is 9.51. The van der Waals surface area contributed by atoms with Crippen molar-refractivity contribution in [1.29, 1.82) is 0 Å². The average Bonchev–Trinajstić information content (AvgIpc) is 3.05. The first-order chi connectivity index (χ1) is 11.6. The van der Waals surface area contributed by atoms with Gasteiger partial charge >= 0.3 is 0 Å². The van der Waals surface area contributed by atoms with Gasteiger partial charge in [-0.1, -0.05) is 0 Å². The molecule has 1 aromatic rings. The molecule has 2 aliphatic rings. The Morgan fingerprint density at radius 1 is 1.25 bits per heavy atom. The van der Waals surface area contributed by atoms with Crippen molar-refractivity contribution in [2.45, 2.75) is 32.6 Å². The molecule has 0 bridgehead atoms. The van der Waals surface area contributed by atoms with E-state index < -0.39 is 0 Å². The first kappa shape index (κ1) is 17.4. The molecule has 1 spiro atoms. The summed E-state index contributed by atoms with van der Waals surface area (Å²) in [7, 11) is 1.66. The number of aryl methyl sites for hydroxylation is 1. The van der Waals surface area contributed by atoms with E-state index >= 15 is 0 Å². The molecular formula is C18H26N2O3S. The maximum absolute atomic E-state index is 12.9. The van der Waals surface area contributed by atoms with Crippen molar-refractivity contribution in [3.8, 4) is 0 Å². The zero-order chi connectivity index (χ0) is 17.2. The third-order valence-corrected chi connectivity index (χ3v) is 6.34. The van der Waals surface area contributed by atoms with Crippen LogP contribution in [0.4, 0.5) is 0 Å². The average molecular weight is 350 g/mol. The van der Waals surface area contributed by atoms with E-state index in [1.165, 1.54) is 0 Å². The van der Waals surface area contributed by atoms with Crippen molar-refractivity contribution in [1.82, 2.24) is 9.80 Å². The van der Waals surface area contributed by atoms with Gasteiger partial charge in [0.05, 0.1) is 16.9 Å². The first-order valence-electron chi connectivity index (χ1n) is 8.70. The van der Waals surface area contributed by atoms with Gasteiger partial charge in [0.2, 0.25) is 5.91 Å². The van der Waals surface area contributed by atoms with Crippen LogP contribution in [0, 0.1) is 12.3 Å². The molecule has 2 fully saturated rings. The highest BCUT2D eigenvalue weighted by Crippen LogP contribution is 2.41. The van der Waals surface area contributed by atoms with Gasteiger partial charge in [-0.05, 0) is 44.7 Å². The van der Waals surface area contributed by atoms with Crippen LogP contribution in [0.2, 0.25) is 0 Å². The highest BCUT2D eigenvalue weighted by atomic mass is 32.1. The Bertz CT molecular complexity index is 615. The molecular weight excluding hydrogens is 324 g/mol. The second kappa shape index (κ2) is 7.23. The van der Waals surface area contributed by atoms with E-state index in [2.05, 4.69) is 0 Å². The Balaban J connectivity index is 1.65. The molecule has 0 aromatic carbocycles. The van der Waals surface area contributed by atoms with Crippen LogP contribution >= 0.6 is 11.3 Å². The van der Waals surface area contributed by atoms with Crippen LogP contribution in [-0.2, 0) is 9.53 Å². The van der Waals surface area contributed by atoms with Gasteiger partial charge in [0.15, 0.2) is 0 Å². The SMILES string of the molecule is COCCN1CCC2(CCCN(C(=O)c3ccc(C)s3)CC2)C1=O. The molecule has 0 radical (unpaired) electrons. The summed E-state index contributed by atoms with van der Waals surface area (Å²) in [6.07, 6.45) is 3.49. The fourth-order valence-corrected chi connectivity index (χ4v) is 4.71. The van der Waals surface area contributed by atoms with Gasteiger partial charge in [-0.25, -0.2) is 0 Å². The Hall–Kier alpha value is -1.40. The van der Waals surface area contributed by atoms with Crippen molar-refractivity contribution < 1.29 is 14.3 Å². The van der Waals surface area contributed by atoms with Crippen LogP contribution in [0.3, 0.4) is 0 Å². The standard InChI is InChI=1S/C18H26N2O3S/c1-14-4-5-15(24-14)16(21)19-9-3-6-18(7-10-19)8-11-20(17(18)22)12-13-23-2/h4-5H,3,6-13H2,1-2H3. The van der Waals surface area contributed by atoms with Gasteiger partial charge in [-0.15, -0.1) is 11.3 Å². The molecule has 0 saturated carbocycles. The lowest BCUT2D eigenvalue weighted by atomic mass is 9.79. The van der Waals surface area contributed by atoms with E-state index in [9.17, 15) is 9.59 Å². The predicted molar refractivity (Wildman–Crippen MR) is 94.3 cm³/mol. The van der Waals surface area contributed by atoms with E-state index in [1.54, 1.807) is 18.4 Å². The summed E-state index contributed by atoms with van der Waals surface area (Å²) in [4.78, 5) is 31.4. The lowest BCUT2D eigenvalue weighted by Crippen LogP contribution is -2.37. The van der Waals surface area contributed by atoms with E-state index in [-0.39, 0.29) is 17.2 Å². The van der Waals surface area contributed by atoms with Gasteiger partial charge in [0.25, 0.3) is 5.91 Å². The molecule has 2 amide bonds. The minimum absolute atomic E-state index is 0.117. The van der Waals surface area contributed by atoms with Crippen LogP contribution in [-0.4, -0.2) is 61.5 Å². The fraction of sp³-hybridized carbons (Fsp3) is 0.667. The normalized spacial score (nSPS) is 24.7. The number of hydrogen-bond acceptors (Lipinski definition) is 4. The Morgan fingerprint density at radius 3 is 2.75 bits per heavy atom. The number of carbonyl (C=O) groups excluding carboxylic acids is 2. The molecule has 2 saturated heterocycles. The number of amides is 2. The third kappa shape index (κ3) is 3.35.